The molecule has 0 aromatic heterocycles. The maximum absolute atomic E-state index is 12.9. The Morgan fingerprint density at radius 3 is 2.73 bits per heavy atom. The number of rotatable bonds is 7. The molecular formula is C23H28N2O7S. The second-order valence-corrected chi connectivity index (χ2v) is 10.1. The smallest absolute Gasteiger partial charge is 0.262 e. The molecule has 0 spiro atoms. The number of hydrogen-bond donors (Lipinski definition) is 2. The lowest BCUT2D eigenvalue weighted by Gasteiger charge is -2.37. The van der Waals surface area contributed by atoms with E-state index in [0.29, 0.717) is 23.6 Å². The first kappa shape index (κ1) is 23.3. The Bertz CT molecular complexity index is 1140. The second kappa shape index (κ2) is 9.20. The van der Waals surface area contributed by atoms with E-state index in [1.807, 2.05) is 0 Å². The highest BCUT2D eigenvalue weighted by atomic mass is 32.2. The Labute approximate surface area is 193 Å². The van der Waals surface area contributed by atoms with Gasteiger partial charge in [0, 0.05) is 37.3 Å². The van der Waals surface area contributed by atoms with Crippen molar-refractivity contribution in [1.29, 1.82) is 0 Å². The highest BCUT2D eigenvalue weighted by Gasteiger charge is 2.46. The number of carbonyl (C=O) groups is 1. The second-order valence-electron chi connectivity index (χ2n) is 8.43. The van der Waals surface area contributed by atoms with Crippen molar-refractivity contribution in [1.82, 2.24) is 4.90 Å². The Morgan fingerprint density at radius 2 is 2.03 bits per heavy atom. The van der Waals surface area contributed by atoms with E-state index >= 15 is 0 Å². The van der Waals surface area contributed by atoms with Crippen LogP contribution in [-0.2, 0) is 19.6 Å². The van der Waals surface area contributed by atoms with E-state index in [1.54, 1.807) is 44.4 Å². The van der Waals surface area contributed by atoms with Crippen molar-refractivity contribution in [2.75, 3.05) is 32.5 Å². The van der Waals surface area contributed by atoms with Gasteiger partial charge >= 0.3 is 0 Å². The Balaban J connectivity index is 1.58. The SMILES string of the molecule is COc1cccc(S(=O)(=O)Nc2ccc3c(c2)[C@@H]2C[C@@H](CC(=O)N(C)C)O[C@H](CO)[C@@H]2O3)c1. The van der Waals surface area contributed by atoms with E-state index < -0.39 is 22.2 Å². The van der Waals surface area contributed by atoms with Gasteiger partial charge in [0.15, 0.2) is 0 Å². The zero-order chi connectivity index (χ0) is 23.8. The summed E-state index contributed by atoms with van der Waals surface area (Å²) in [6.45, 7) is -0.239. The summed E-state index contributed by atoms with van der Waals surface area (Å²) in [5.41, 5.74) is 1.23. The van der Waals surface area contributed by atoms with Crippen LogP contribution in [-0.4, -0.2) is 70.5 Å². The first-order valence-electron chi connectivity index (χ1n) is 10.7. The van der Waals surface area contributed by atoms with E-state index in [1.165, 1.54) is 24.1 Å². The maximum atomic E-state index is 12.9. The predicted octanol–water partition coefficient (Wildman–Crippen LogP) is 1.97. The van der Waals surface area contributed by atoms with Gasteiger partial charge in [-0.05, 0) is 36.8 Å². The molecule has 0 saturated carbocycles. The number of ether oxygens (including phenoxy) is 3. The van der Waals surface area contributed by atoms with Gasteiger partial charge in [0.1, 0.15) is 23.7 Å². The molecule has 0 bridgehead atoms. The summed E-state index contributed by atoms with van der Waals surface area (Å²) >= 11 is 0. The average molecular weight is 477 g/mol. The third-order valence-electron chi connectivity index (χ3n) is 6.00. The minimum Gasteiger partial charge on any atom is -0.497 e. The molecule has 2 aliphatic rings. The number of methoxy groups -OCH3 is 1. The van der Waals surface area contributed by atoms with E-state index in [0.717, 1.165) is 5.56 Å². The molecule has 1 amide bonds. The summed E-state index contributed by atoms with van der Waals surface area (Å²) in [4.78, 5) is 13.8. The molecule has 4 atom stereocenters. The van der Waals surface area contributed by atoms with Crippen LogP contribution in [0.5, 0.6) is 11.5 Å². The summed E-state index contributed by atoms with van der Waals surface area (Å²) in [7, 11) is 1.02. The summed E-state index contributed by atoms with van der Waals surface area (Å²) in [5.74, 6) is 0.871. The third kappa shape index (κ3) is 4.78. The molecule has 0 aliphatic carbocycles. The van der Waals surface area contributed by atoms with Crippen LogP contribution in [0.3, 0.4) is 0 Å². The standard InChI is InChI=1S/C23H28N2O7S/c1-25(2)22(27)12-16-11-19-18-9-14(7-8-20(18)32-23(19)21(13-26)31-16)24-33(28,29)17-6-4-5-15(10-17)30-3/h4-10,16,19,21,23-24,26H,11-13H2,1-3H3/t16-,19-,21+,23+/m0/s1. The lowest BCUT2D eigenvalue weighted by atomic mass is 9.84. The molecule has 2 N–H and O–H groups in total. The van der Waals surface area contributed by atoms with Gasteiger partial charge in [-0.25, -0.2) is 8.42 Å². The molecule has 1 fully saturated rings. The lowest BCUT2D eigenvalue weighted by Crippen LogP contribution is -2.47. The first-order chi connectivity index (χ1) is 15.7. The Hall–Kier alpha value is -2.82. The quantitative estimate of drug-likeness (QED) is 0.628. The van der Waals surface area contributed by atoms with Crippen molar-refractivity contribution in [2.45, 2.75) is 42.0 Å². The summed E-state index contributed by atoms with van der Waals surface area (Å²) in [6.07, 6.45) is -0.622. The number of aliphatic hydroxyl groups is 1. The summed E-state index contributed by atoms with van der Waals surface area (Å²) < 4.78 is 45.5. The molecule has 0 unspecified atom stereocenters. The Kier molecular flexibility index (Phi) is 6.51. The van der Waals surface area contributed by atoms with Crippen molar-refractivity contribution in [3.8, 4) is 11.5 Å². The number of anilines is 1. The van der Waals surface area contributed by atoms with Gasteiger partial charge in [0.25, 0.3) is 10.0 Å². The molecular weight excluding hydrogens is 448 g/mol. The van der Waals surface area contributed by atoms with Gasteiger partial charge in [-0.1, -0.05) is 6.07 Å². The zero-order valence-corrected chi connectivity index (χ0v) is 19.5. The van der Waals surface area contributed by atoms with Crippen LogP contribution in [0.1, 0.15) is 24.3 Å². The van der Waals surface area contributed by atoms with E-state index in [-0.39, 0.29) is 35.9 Å². The molecule has 4 rings (SSSR count). The molecule has 2 aromatic rings. The highest BCUT2D eigenvalue weighted by Crippen LogP contribution is 2.47. The van der Waals surface area contributed by atoms with Gasteiger partial charge < -0.3 is 24.2 Å². The fraction of sp³-hybridized carbons (Fsp3) is 0.435. The molecule has 9 nitrogen and oxygen atoms in total. The van der Waals surface area contributed by atoms with Gasteiger partial charge in [-0.3, -0.25) is 9.52 Å². The number of fused-ring (bicyclic) bond motifs is 3. The lowest BCUT2D eigenvalue weighted by molar-refractivity contribution is -0.147. The highest BCUT2D eigenvalue weighted by molar-refractivity contribution is 7.92. The van der Waals surface area contributed by atoms with Crippen LogP contribution >= 0.6 is 0 Å². The van der Waals surface area contributed by atoms with Crippen LogP contribution < -0.4 is 14.2 Å². The van der Waals surface area contributed by atoms with E-state index in [9.17, 15) is 18.3 Å². The first-order valence-corrected chi connectivity index (χ1v) is 12.1. The molecule has 2 heterocycles. The van der Waals surface area contributed by atoms with Crippen LogP contribution in [0.15, 0.2) is 47.4 Å². The van der Waals surface area contributed by atoms with Crippen molar-refractivity contribution < 1.29 is 32.5 Å². The number of sulfonamides is 1. The summed E-state index contributed by atoms with van der Waals surface area (Å²) in [6, 6.07) is 11.3. The van der Waals surface area contributed by atoms with E-state index in [4.69, 9.17) is 14.2 Å². The minimum atomic E-state index is -3.83. The number of nitrogens with zero attached hydrogens (tertiary/aromatic N) is 1. The molecule has 0 radical (unpaired) electrons. The van der Waals surface area contributed by atoms with Crippen LogP contribution in [0.4, 0.5) is 5.69 Å². The van der Waals surface area contributed by atoms with Gasteiger partial charge in [0.05, 0.1) is 31.1 Å². The number of benzene rings is 2. The van der Waals surface area contributed by atoms with Crippen LogP contribution in [0, 0.1) is 0 Å². The fourth-order valence-electron chi connectivity index (χ4n) is 4.31. The molecule has 1 saturated heterocycles. The third-order valence-corrected chi connectivity index (χ3v) is 7.38. The Morgan fingerprint density at radius 1 is 1.24 bits per heavy atom. The largest absolute Gasteiger partial charge is 0.497 e. The predicted molar refractivity (Wildman–Crippen MR) is 121 cm³/mol. The minimum absolute atomic E-state index is 0.0610. The topological polar surface area (TPSA) is 114 Å². The van der Waals surface area contributed by atoms with Crippen molar-refractivity contribution in [2.24, 2.45) is 0 Å². The normalized spacial score (nSPS) is 23.8. The number of amides is 1. The maximum Gasteiger partial charge on any atom is 0.262 e. The number of carbonyl (C=O) groups excluding carboxylic acids is 1. The number of nitrogens with one attached hydrogen (secondary N) is 1. The molecule has 2 aromatic carbocycles. The summed E-state index contributed by atoms with van der Waals surface area (Å²) in [5, 5.41) is 9.85. The van der Waals surface area contributed by atoms with Gasteiger partial charge in [-0.15, -0.1) is 0 Å². The number of hydrogen-bond acceptors (Lipinski definition) is 7. The van der Waals surface area contributed by atoms with E-state index in [2.05, 4.69) is 4.72 Å². The molecule has 2 aliphatic heterocycles. The molecule has 10 heteroatoms. The fourth-order valence-corrected chi connectivity index (χ4v) is 5.40. The van der Waals surface area contributed by atoms with Crippen molar-refractivity contribution in [3.63, 3.8) is 0 Å². The van der Waals surface area contributed by atoms with Crippen molar-refractivity contribution in [3.05, 3.63) is 48.0 Å². The van der Waals surface area contributed by atoms with Crippen LogP contribution in [0.2, 0.25) is 0 Å². The van der Waals surface area contributed by atoms with Gasteiger partial charge in [-0.2, -0.15) is 0 Å². The molecule has 33 heavy (non-hydrogen) atoms. The zero-order valence-electron chi connectivity index (χ0n) is 18.7. The molecule has 178 valence electrons. The number of aliphatic hydroxyl groups excluding tert-OH is 1. The van der Waals surface area contributed by atoms with Crippen molar-refractivity contribution >= 4 is 21.6 Å². The van der Waals surface area contributed by atoms with Gasteiger partial charge in [0.2, 0.25) is 5.91 Å². The van der Waals surface area contributed by atoms with Crippen LogP contribution in [0.25, 0.3) is 0 Å². The average Bonchev–Trinajstić information content (AvgIpc) is 3.16. The monoisotopic (exact) mass is 476 g/mol.